The summed E-state index contributed by atoms with van der Waals surface area (Å²) in [5, 5.41) is 2.64. The van der Waals surface area contributed by atoms with Crippen molar-refractivity contribution >= 4 is 11.8 Å². The molecule has 1 N–H and O–H groups in total. The quantitative estimate of drug-likeness (QED) is 0.710. The van der Waals surface area contributed by atoms with E-state index in [9.17, 15) is 9.59 Å². The highest BCUT2D eigenvalue weighted by Crippen LogP contribution is 2.11. The van der Waals surface area contributed by atoms with Gasteiger partial charge in [-0.2, -0.15) is 0 Å². The van der Waals surface area contributed by atoms with Crippen LogP contribution in [0.3, 0.4) is 0 Å². The molecule has 0 aromatic heterocycles. The fourth-order valence-corrected chi connectivity index (χ4v) is 2.04. The molecule has 5 heteroatoms. The van der Waals surface area contributed by atoms with Crippen molar-refractivity contribution in [3.63, 3.8) is 0 Å². The molecule has 0 aliphatic rings. The van der Waals surface area contributed by atoms with Crippen LogP contribution in [-0.2, 0) is 9.59 Å². The normalized spacial score (nSPS) is 11.2. The third kappa shape index (κ3) is 6.38. The van der Waals surface area contributed by atoms with E-state index in [4.69, 9.17) is 4.74 Å². The van der Waals surface area contributed by atoms with Crippen molar-refractivity contribution in [2.24, 2.45) is 0 Å². The van der Waals surface area contributed by atoms with Gasteiger partial charge < -0.3 is 15.0 Å². The second kappa shape index (κ2) is 9.46. The van der Waals surface area contributed by atoms with Crippen molar-refractivity contribution < 1.29 is 14.3 Å². The first-order chi connectivity index (χ1) is 11.0. The molecule has 1 rings (SSSR count). The molecule has 1 atom stereocenters. The molecule has 0 saturated carbocycles. The Morgan fingerprint density at radius 3 is 2.52 bits per heavy atom. The molecule has 23 heavy (non-hydrogen) atoms. The summed E-state index contributed by atoms with van der Waals surface area (Å²) in [7, 11) is 0. The lowest BCUT2D eigenvalue weighted by Gasteiger charge is -2.23. The minimum Gasteiger partial charge on any atom is -0.484 e. The lowest BCUT2D eigenvalue weighted by molar-refractivity contribution is -0.135. The smallest absolute Gasteiger partial charge is 0.258 e. The third-order valence-corrected chi connectivity index (χ3v) is 3.12. The van der Waals surface area contributed by atoms with Crippen LogP contribution in [0.1, 0.15) is 12.5 Å². The molecule has 0 aliphatic heterocycles. The average molecular weight is 316 g/mol. The van der Waals surface area contributed by atoms with Crippen LogP contribution < -0.4 is 10.1 Å². The minimum absolute atomic E-state index is 0.135. The van der Waals surface area contributed by atoms with Gasteiger partial charge in [0.25, 0.3) is 5.91 Å². The Labute approximate surface area is 137 Å². The maximum atomic E-state index is 12.3. The molecule has 1 unspecified atom stereocenters. The predicted octanol–water partition coefficient (Wildman–Crippen LogP) is 2.08. The highest BCUT2D eigenvalue weighted by molar-refractivity contribution is 5.88. The van der Waals surface area contributed by atoms with E-state index in [1.54, 1.807) is 30.0 Å². The molecule has 0 fully saturated rings. The van der Waals surface area contributed by atoms with Crippen molar-refractivity contribution in [2.75, 3.05) is 19.7 Å². The molecule has 0 bridgehead atoms. The number of carbonyl (C=O) groups is 2. The van der Waals surface area contributed by atoms with Gasteiger partial charge >= 0.3 is 0 Å². The molecule has 1 aromatic carbocycles. The summed E-state index contributed by atoms with van der Waals surface area (Å²) in [5.74, 6) is 0.0947. The second-order valence-electron chi connectivity index (χ2n) is 5.21. The zero-order valence-corrected chi connectivity index (χ0v) is 13.7. The minimum atomic E-state index is -0.636. The number of rotatable bonds is 9. The van der Waals surface area contributed by atoms with Gasteiger partial charge in [-0.1, -0.05) is 24.3 Å². The molecular weight excluding hydrogens is 292 g/mol. The van der Waals surface area contributed by atoms with Gasteiger partial charge in [-0.25, -0.2) is 0 Å². The highest BCUT2D eigenvalue weighted by atomic mass is 16.5. The van der Waals surface area contributed by atoms with Gasteiger partial charge in [0, 0.05) is 13.1 Å². The Hall–Kier alpha value is -2.56. The molecule has 124 valence electrons. The number of nitrogens with zero attached hydrogens (tertiary/aromatic N) is 1. The maximum absolute atomic E-state index is 12.3. The van der Waals surface area contributed by atoms with Crippen molar-refractivity contribution in [3.8, 4) is 5.75 Å². The zero-order chi connectivity index (χ0) is 17.2. The van der Waals surface area contributed by atoms with Crippen LogP contribution in [0.4, 0.5) is 0 Å². The van der Waals surface area contributed by atoms with Crippen LogP contribution in [-0.4, -0.2) is 42.5 Å². The van der Waals surface area contributed by atoms with Gasteiger partial charge in [-0.05, 0) is 31.5 Å². The topological polar surface area (TPSA) is 58.6 Å². The number of amides is 2. The van der Waals surface area contributed by atoms with Crippen LogP contribution in [0, 0.1) is 6.92 Å². The van der Waals surface area contributed by atoms with Crippen molar-refractivity contribution in [3.05, 3.63) is 55.1 Å². The molecule has 0 aliphatic carbocycles. The first-order valence-electron chi connectivity index (χ1n) is 7.47. The zero-order valence-electron chi connectivity index (χ0n) is 13.7. The summed E-state index contributed by atoms with van der Waals surface area (Å²) in [6.07, 6.45) is 3.27. The van der Waals surface area contributed by atoms with E-state index in [1.807, 2.05) is 25.1 Å². The predicted molar refractivity (Wildman–Crippen MR) is 91.3 cm³/mol. The van der Waals surface area contributed by atoms with E-state index < -0.39 is 6.04 Å². The van der Waals surface area contributed by atoms with Gasteiger partial charge in [0.1, 0.15) is 11.8 Å². The largest absolute Gasteiger partial charge is 0.484 e. The lowest BCUT2D eigenvalue weighted by Crippen LogP contribution is -2.48. The van der Waals surface area contributed by atoms with Gasteiger partial charge in [0.05, 0.1) is 0 Å². The van der Waals surface area contributed by atoms with Crippen LogP contribution in [0.2, 0.25) is 0 Å². The second-order valence-corrected chi connectivity index (χ2v) is 5.21. The number of hydrogen-bond acceptors (Lipinski definition) is 3. The summed E-state index contributed by atoms with van der Waals surface area (Å²) in [5.41, 5.74) is 1.05. The molecule has 0 radical (unpaired) electrons. The van der Waals surface area contributed by atoms with Crippen LogP contribution in [0.25, 0.3) is 0 Å². The van der Waals surface area contributed by atoms with Crippen LogP contribution in [0.5, 0.6) is 5.75 Å². The summed E-state index contributed by atoms with van der Waals surface area (Å²) < 4.78 is 5.42. The Morgan fingerprint density at radius 1 is 1.30 bits per heavy atom. The van der Waals surface area contributed by atoms with Gasteiger partial charge in [-0.3, -0.25) is 9.59 Å². The van der Waals surface area contributed by atoms with Gasteiger partial charge in [0.15, 0.2) is 6.61 Å². The van der Waals surface area contributed by atoms with Crippen LogP contribution >= 0.6 is 0 Å². The molecule has 5 nitrogen and oxygen atoms in total. The van der Waals surface area contributed by atoms with Crippen molar-refractivity contribution in [1.82, 2.24) is 10.2 Å². The van der Waals surface area contributed by atoms with E-state index in [0.717, 1.165) is 5.56 Å². The fourth-order valence-electron chi connectivity index (χ4n) is 2.04. The number of aryl methyl sites for hydroxylation is 1. The van der Waals surface area contributed by atoms with E-state index >= 15 is 0 Å². The number of ether oxygens (including phenoxy) is 1. The molecule has 0 spiro atoms. The number of hydrogen-bond donors (Lipinski definition) is 1. The maximum Gasteiger partial charge on any atom is 0.258 e. The lowest BCUT2D eigenvalue weighted by atomic mass is 10.2. The molecule has 1 aromatic rings. The standard InChI is InChI=1S/C18H24N2O3/c1-5-10-20(11-6-2)18(22)15(4)19-17(21)13-23-16-9-7-8-14(3)12-16/h5-9,12,15H,1-2,10-11,13H2,3-4H3,(H,19,21). The van der Waals surface area contributed by atoms with Crippen LogP contribution in [0.15, 0.2) is 49.6 Å². The number of carbonyl (C=O) groups excluding carboxylic acids is 2. The SMILES string of the molecule is C=CCN(CC=C)C(=O)C(C)NC(=O)COc1cccc(C)c1. The summed E-state index contributed by atoms with van der Waals surface area (Å²) in [6.45, 7) is 11.5. The van der Waals surface area contributed by atoms with E-state index in [2.05, 4.69) is 18.5 Å². The Morgan fingerprint density at radius 2 is 1.96 bits per heavy atom. The van der Waals surface area contributed by atoms with Gasteiger partial charge in [0.2, 0.25) is 5.91 Å². The van der Waals surface area contributed by atoms with Gasteiger partial charge in [-0.15, -0.1) is 13.2 Å². The van der Waals surface area contributed by atoms with Crippen molar-refractivity contribution in [2.45, 2.75) is 19.9 Å². The summed E-state index contributed by atoms with van der Waals surface area (Å²) >= 11 is 0. The number of nitrogens with one attached hydrogen (secondary N) is 1. The monoisotopic (exact) mass is 316 g/mol. The first kappa shape index (κ1) is 18.5. The average Bonchev–Trinajstić information content (AvgIpc) is 2.52. The molecule has 2 amide bonds. The number of benzene rings is 1. The molecular formula is C18H24N2O3. The van der Waals surface area contributed by atoms with E-state index in [-0.39, 0.29) is 18.4 Å². The molecule has 0 heterocycles. The Kier molecular flexibility index (Phi) is 7.60. The molecule has 0 saturated heterocycles. The Balaban J connectivity index is 2.50. The van der Waals surface area contributed by atoms with Crippen molar-refractivity contribution in [1.29, 1.82) is 0 Å². The summed E-state index contributed by atoms with van der Waals surface area (Å²) in [6, 6.07) is 6.80. The first-order valence-corrected chi connectivity index (χ1v) is 7.47. The van der Waals surface area contributed by atoms with E-state index in [1.165, 1.54) is 0 Å². The fraction of sp³-hybridized carbons (Fsp3) is 0.333. The Bertz CT molecular complexity index is 559. The summed E-state index contributed by atoms with van der Waals surface area (Å²) in [4.78, 5) is 25.7. The third-order valence-electron chi connectivity index (χ3n) is 3.12. The highest BCUT2D eigenvalue weighted by Gasteiger charge is 2.20. The van der Waals surface area contributed by atoms with E-state index in [0.29, 0.717) is 18.8 Å².